The van der Waals surface area contributed by atoms with Crippen molar-refractivity contribution in [3.8, 4) is 5.75 Å². The summed E-state index contributed by atoms with van der Waals surface area (Å²) >= 11 is 0. The number of halogens is 3. The van der Waals surface area contributed by atoms with Gasteiger partial charge in [-0.25, -0.2) is 0 Å². The molecule has 0 radical (unpaired) electrons. The summed E-state index contributed by atoms with van der Waals surface area (Å²) in [5.74, 6) is 0.175. The average molecular weight is 218 g/mol. The van der Waals surface area contributed by atoms with Crippen molar-refractivity contribution < 1.29 is 18.3 Å². The molecule has 0 aromatic heterocycles. The maximum Gasteiger partial charge on any atom is 0.389 e. The van der Waals surface area contributed by atoms with Crippen LogP contribution >= 0.6 is 0 Å². The third kappa shape index (κ3) is 5.30. The van der Waals surface area contributed by atoms with E-state index in [1.807, 2.05) is 0 Å². The second kappa shape index (κ2) is 5.05. The van der Waals surface area contributed by atoms with E-state index in [1.165, 1.54) is 0 Å². The summed E-state index contributed by atoms with van der Waals surface area (Å²) in [4.78, 5) is 0. The summed E-state index contributed by atoms with van der Waals surface area (Å²) in [6.07, 6.45) is -3.47. The molecule has 1 aromatic carbocycles. The van der Waals surface area contributed by atoms with Crippen molar-refractivity contribution in [2.45, 2.75) is 31.9 Å². The van der Waals surface area contributed by atoms with Crippen molar-refractivity contribution >= 4 is 0 Å². The minimum absolute atomic E-state index is 0.157. The van der Waals surface area contributed by atoms with E-state index >= 15 is 0 Å². The molecular weight excluding hydrogens is 205 g/mol. The zero-order valence-electron chi connectivity index (χ0n) is 8.22. The molecule has 1 nitrogen and oxygen atoms in total. The first kappa shape index (κ1) is 11.9. The molecule has 0 aliphatic heterocycles. The quantitative estimate of drug-likeness (QED) is 0.764. The van der Waals surface area contributed by atoms with Crippen LogP contribution in [-0.2, 0) is 6.42 Å². The SMILES string of the molecule is Oc1ccc(CCCCC(F)(F)F)cc1. The second-order valence-electron chi connectivity index (χ2n) is 3.49. The highest BCUT2D eigenvalue weighted by atomic mass is 19.4. The van der Waals surface area contributed by atoms with Crippen LogP contribution in [0.1, 0.15) is 24.8 Å². The zero-order valence-corrected chi connectivity index (χ0v) is 8.22. The Labute approximate surface area is 86.5 Å². The molecule has 1 N–H and O–H groups in total. The topological polar surface area (TPSA) is 20.2 Å². The van der Waals surface area contributed by atoms with Crippen LogP contribution in [0.3, 0.4) is 0 Å². The summed E-state index contributed by atoms with van der Waals surface area (Å²) in [6, 6.07) is 6.53. The second-order valence-corrected chi connectivity index (χ2v) is 3.49. The minimum atomic E-state index is -4.05. The average Bonchev–Trinajstić information content (AvgIpc) is 2.14. The Morgan fingerprint density at radius 3 is 2.13 bits per heavy atom. The Hall–Kier alpha value is -1.19. The molecule has 0 aliphatic carbocycles. The van der Waals surface area contributed by atoms with Crippen LogP contribution < -0.4 is 0 Å². The Kier molecular flexibility index (Phi) is 4.00. The van der Waals surface area contributed by atoms with E-state index in [0.29, 0.717) is 12.8 Å². The molecule has 0 atom stereocenters. The van der Waals surface area contributed by atoms with Crippen molar-refractivity contribution in [3.63, 3.8) is 0 Å². The number of phenolic OH excluding ortho intramolecular Hbond substituents is 1. The van der Waals surface area contributed by atoms with Crippen LogP contribution in [0, 0.1) is 0 Å². The lowest BCUT2D eigenvalue weighted by atomic mass is 10.1. The number of phenols is 1. The van der Waals surface area contributed by atoms with Gasteiger partial charge in [0.1, 0.15) is 5.75 Å². The Balaban J connectivity index is 2.23. The van der Waals surface area contributed by atoms with Gasteiger partial charge in [-0.15, -0.1) is 0 Å². The number of aromatic hydroxyl groups is 1. The van der Waals surface area contributed by atoms with E-state index in [9.17, 15) is 13.2 Å². The van der Waals surface area contributed by atoms with Crippen molar-refractivity contribution in [3.05, 3.63) is 29.8 Å². The van der Waals surface area contributed by atoms with Gasteiger partial charge in [-0.3, -0.25) is 0 Å². The summed E-state index contributed by atoms with van der Waals surface area (Å²) in [5, 5.41) is 8.99. The highest BCUT2D eigenvalue weighted by Gasteiger charge is 2.25. The van der Waals surface area contributed by atoms with Crippen molar-refractivity contribution in [1.29, 1.82) is 0 Å². The predicted octanol–water partition coefficient (Wildman–Crippen LogP) is 3.67. The van der Waals surface area contributed by atoms with Crippen LogP contribution in [-0.4, -0.2) is 11.3 Å². The maximum atomic E-state index is 11.8. The van der Waals surface area contributed by atoms with Crippen molar-refractivity contribution in [2.24, 2.45) is 0 Å². The van der Waals surface area contributed by atoms with E-state index in [1.54, 1.807) is 24.3 Å². The molecule has 0 spiro atoms. The van der Waals surface area contributed by atoms with Gasteiger partial charge in [0.2, 0.25) is 0 Å². The fourth-order valence-corrected chi connectivity index (χ4v) is 1.32. The van der Waals surface area contributed by atoms with Gasteiger partial charge >= 0.3 is 6.18 Å². The van der Waals surface area contributed by atoms with Gasteiger partial charge in [-0.1, -0.05) is 12.1 Å². The molecular formula is C11H13F3O. The standard InChI is InChI=1S/C11H13F3O/c12-11(13,14)8-2-1-3-9-4-6-10(15)7-5-9/h4-7,15H,1-3,8H2. The number of hydrogen-bond acceptors (Lipinski definition) is 1. The minimum Gasteiger partial charge on any atom is -0.508 e. The van der Waals surface area contributed by atoms with Crippen molar-refractivity contribution in [1.82, 2.24) is 0 Å². The Morgan fingerprint density at radius 2 is 1.60 bits per heavy atom. The van der Waals surface area contributed by atoms with Gasteiger partial charge in [0.15, 0.2) is 0 Å². The smallest absolute Gasteiger partial charge is 0.389 e. The van der Waals surface area contributed by atoms with E-state index in [-0.39, 0.29) is 12.2 Å². The molecule has 0 bridgehead atoms. The first-order chi connectivity index (χ1) is 6.97. The fraction of sp³-hybridized carbons (Fsp3) is 0.455. The van der Waals surface area contributed by atoms with E-state index in [2.05, 4.69) is 0 Å². The lowest BCUT2D eigenvalue weighted by Gasteiger charge is -2.05. The molecule has 0 heterocycles. The van der Waals surface area contributed by atoms with Gasteiger partial charge < -0.3 is 5.11 Å². The summed E-state index contributed by atoms with van der Waals surface area (Å²) in [7, 11) is 0. The molecule has 0 amide bonds. The molecule has 15 heavy (non-hydrogen) atoms. The number of hydrogen-bond donors (Lipinski definition) is 1. The van der Waals surface area contributed by atoms with E-state index in [4.69, 9.17) is 5.11 Å². The van der Waals surface area contributed by atoms with Gasteiger partial charge in [0, 0.05) is 6.42 Å². The number of rotatable bonds is 4. The summed E-state index contributed by atoms with van der Waals surface area (Å²) in [6.45, 7) is 0. The molecule has 4 heteroatoms. The summed E-state index contributed by atoms with van der Waals surface area (Å²) in [5.41, 5.74) is 0.954. The Morgan fingerprint density at radius 1 is 1.00 bits per heavy atom. The lowest BCUT2D eigenvalue weighted by molar-refractivity contribution is -0.135. The van der Waals surface area contributed by atoms with Gasteiger partial charge in [-0.2, -0.15) is 13.2 Å². The highest BCUT2D eigenvalue weighted by molar-refractivity contribution is 5.25. The molecule has 0 fully saturated rings. The first-order valence-electron chi connectivity index (χ1n) is 4.82. The van der Waals surface area contributed by atoms with Crippen LogP contribution in [0.4, 0.5) is 13.2 Å². The number of alkyl halides is 3. The van der Waals surface area contributed by atoms with Crippen LogP contribution in [0.5, 0.6) is 5.75 Å². The third-order valence-electron chi connectivity index (χ3n) is 2.11. The van der Waals surface area contributed by atoms with Gasteiger partial charge in [-0.05, 0) is 37.0 Å². The lowest BCUT2D eigenvalue weighted by Crippen LogP contribution is -2.06. The fourth-order valence-electron chi connectivity index (χ4n) is 1.32. The third-order valence-corrected chi connectivity index (χ3v) is 2.11. The molecule has 0 aliphatic rings. The molecule has 0 saturated heterocycles. The number of benzene rings is 1. The largest absolute Gasteiger partial charge is 0.508 e. The summed E-state index contributed by atoms with van der Waals surface area (Å²) < 4.78 is 35.4. The molecule has 1 rings (SSSR count). The van der Waals surface area contributed by atoms with Gasteiger partial charge in [0.25, 0.3) is 0 Å². The van der Waals surface area contributed by atoms with E-state index in [0.717, 1.165) is 5.56 Å². The highest BCUT2D eigenvalue weighted by Crippen LogP contribution is 2.23. The molecule has 84 valence electrons. The van der Waals surface area contributed by atoms with Gasteiger partial charge in [0.05, 0.1) is 0 Å². The molecule has 0 saturated carbocycles. The predicted molar refractivity (Wildman–Crippen MR) is 51.7 cm³/mol. The van der Waals surface area contributed by atoms with Crippen LogP contribution in [0.2, 0.25) is 0 Å². The first-order valence-corrected chi connectivity index (χ1v) is 4.82. The maximum absolute atomic E-state index is 11.8. The number of aryl methyl sites for hydroxylation is 1. The van der Waals surface area contributed by atoms with Crippen LogP contribution in [0.15, 0.2) is 24.3 Å². The molecule has 1 aromatic rings. The monoisotopic (exact) mass is 218 g/mol. The van der Waals surface area contributed by atoms with Crippen LogP contribution in [0.25, 0.3) is 0 Å². The zero-order chi connectivity index (χ0) is 11.3. The van der Waals surface area contributed by atoms with E-state index < -0.39 is 12.6 Å². The number of unbranched alkanes of at least 4 members (excludes halogenated alkanes) is 1. The normalized spacial score (nSPS) is 11.7. The van der Waals surface area contributed by atoms with Crippen molar-refractivity contribution in [2.75, 3.05) is 0 Å². The molecule has 0 unspecified atom stereocenters. The Bertz CT molecular complexity index is 290.